The van der Waals surface area contributed by atoms with E-state index >= 15 is 0 Å². The van der Waals surface area contributed by atoms with E-state index < -0.39 is 0 Å². The fourth-order valence-corrected chi connectivity index (χ4v) is 4.02. The number of halogens is 2. The van der Waals surface area contributed by atoms with Crippen molar-refractivity contribution in [1.29, 1.82) is 0 Å². The van der Waals surface area contributed by atoms with Crippen LogP contribution < -0.4 is 5.32 Å². The van der Waals surface area contributed by atoms with Gasteiger partial charge in [-0.15, -0.1) is 0 Å². The Bertz CT molecular complexity index is 491. The van der Waals surface area contributed by atoms with Gasteiger partial charge in [0, 0.05) is 18.6 Å². The van der Waals surface area contributed by atoms with Crippen molar-refractivity contribution in [3.63, 3.8) is 0 Å². The molecule has 1 aromatic rings. The predicted octanol–water partition coefficient (Wildman–Crippen LogP) is 3.54. The molecule has 2 fully saturated rings. The van der Waals surface area contributed by atoms with Gasteiger partial charge in [0.15, 0.2) is 0 Å². The lowest BCUT2D eigenvalue weighted by Crippen LogP contribution is -2.42. The summed E-state index contributed by atoms with van der Waals surface area (Å²) in [7, 11) is 2.00. The number of nitrogens with one attached hydrogen (secondary N) is 1. The third kappa shape index (κ3) is 2.78. The van der Waals surface area contributed by atoms with Gasteiger partial charge in [-0.05, 0) is 72.3 Å². The Kier molecular flexibility index (Phi) is 4.16. The van der Waals surface area contributed by atoms with Crippen molar-refractivity contribution in [2.75, 3.05) is 20.2 Å². The monoisotopic (exact) mass is 341 g/mol. The van der Waals surface area contributed by atoms with Gasteiger partial charge in [-0.2, -0.15) is 0 Å². The molecule has 1 N–H and O–H groups in total. The summed E-state index contributed by atoms with van der Waals surface area (Å²) in [6.45, 7) is 1.81. The molecule has 3 rings (SSSR count). The molecule has 4 heteroatoms. The van der Waals surface area contributed by atoms with Gasteiger partial charge in [0.05, 0.1) is 10.6 Å². The highest BCUT2D eigenvalue weighted by Crippen LogP contribution is 2.49. The van der Waals surface area contributed by atoms with Crippen molar-refractivity contribution >= 4 is 15.9 Å². The van der Waals surface area contributed by atoms with E-state index in [1.807, 2.05) is 19.2 Å². The minimum absolute atomic E-state index is 0.160. The average molecular weight is 342 g/mol. The van der Waals surface area contributed by atoms with Gasteiger partial charge < -0.3 is 10.1 Å². The summed E-state index contributed by atoms with van der Waals surface area (Å²) in [5, 5.41) is 3.34. The van der Waals surface area contributed by atoms with Crippen molar-refractivity contribution in [2.45, 2.75) is 31.8 Å². The lowest BCUT2D eigenvalue weighted by atomic mass is 9.74. The molecular formula is C16H21BrFNO. The van der Waals surface area contributed by atoms with Crippen molar-refractivity contribution in [2.24, 2.45) is 11.3 Å². The van der Waals surface area contributed by atoms with Crippen molar-refractivity contribution in [1.82, 2.24) is 5.32 Å². The second-order valence-corrected chi connectivity index (χ2v) is 7.05. The fraction of sp³-hybridized carbons (Fsp3) is 0.625. The van der Waals surface area contributed by atoms with Crippen molar-refractivity contribution in [3.05, 3.63) is 34.1 Å². The van der Waals surface area contributed by atoms with Crippen LogP contribution in [-0.2, 0) is 11.2 Å². The predicted molar refractivity (Wildman–Crippen MR) is 81.2 cm³/mol. The normalized spacial score (nSPS) is 29.9. The smallest absolute Gasteiger partial charge is 0.137 e. The van der Waals surface area contributed by atoms with Gasteiger partial charge in [-0.25, -0.2) is 4.39 Å². The molecule has 1 saturated carbocycles. The van der Waals surface area contributed by atoms with E-state index in [1.165, 1.54) is 18.4 Å². The molecule has 0 radical (unpaired) electrons. The zero-order valence-electron chi connectivity index (χ0n) is 11.8. The van der Waals surface area contributed by atoms with Gasteiger partial charge in [0.2, 0.25) is 0 Å². The molecule has 110 valence electrons. The van der Waals surface area contributed by atoms with E-state index in [9.17, 15) is 4.39 Å². The molecule has 2 aliphatic rings. The second kappa shape index (κ2) is 5.74. The first-order valence-corrected chi connectivity index (χ1v) is 8.14. The molecule has 2 unspecified atom stereocenters. The summed E-state index contributed by atoms with van der Waals surface area (Å²) < 4.78 is 20.0. The molecule has 0 spiro atoms. The van der Waals surface area contributed by atoms with Gasteiger partial charge in [0.25, 0.3) is 0 Å². The largest absolute Gasteiger partial charge is 0.377 e. The Morgan fingerprint density at radius 3 is 2.90 bits per heavy atom. The Morgan fingerprint density at radius 1 is 1.45 bits per heavy atom. The van der Waals surface area contributed by atoms with Crippen LogP contribution in [-0.4, -0.2) is 26.3 Å². The number of hydrogen-bond acceptors (Lipinski definition) is 2. The van der Waals surface area contributed by atoms with Crippen LogP contribution in [0.15, 0.2) is 22.7 Å². The standard InChI is InChI=1S/C16H21BrFNO/c1-19-10-16(6-7-20-15(16)12-3-4-12)9-11-2-5-14(18)13(17)8-11/h2,5,8,12,15,19H,3-4,6-7,9-10H2,1H3. The topological polar surface area (TPSA) is 21.3 Å². The van der Waals surface area contributed by atoms with E-state index in [0.717, 1.165) is 31.9 Å². The van der Waals surface area contributed by atoms with E-state index in [0.29, 0.717) is 10.6 Å². The van der Waals surface area contributed by atoms with Crippen LogP contribution in [0.3, 0.4) is 0 Å². The maximum absolute atomic E-state index is 13.4. The van der Waals surface area contributed by atoms with Crippen LogP contribution in [0.4, 0.5) is 4.39 Å². The lowest BCUT2D eigenvalue weighted by Gasteiger charge is -2.34. The van der Waals surface area contributed by atoms with E-state index in [2.05, 4.69) is 21.2 Å². The average Bonchev–Trinajstić information content (AvgIpc) is 3.17. The summed E-state index contributed by atoms with van der Waals surface area (Å²) in [5.74, 6) is 0.535. The van der Waals surface area contributed by atoms with Crippen molar-refractivity contribution < 1.29 is 9.13 Å². The number of hydrogen-bond donors (Lipinski definition) is 1. The van der Waals surface area contributed by atoms with Crippen LogP contribution >= 0.6 is 15.9 Å². The minimum Gasteiger partial charge on any atom is -0.377 e. The van der Waals surface area contributed by atoms with Gasteiger partial charge >= 0.3 is 0 Å². The summed E-state index contributed by atoms with van der Waals surface area (Å²) in [6, 6.07) is 5.36. The highest BCUT2D eigenvalue weighted by molar-refractivity contribution is 9.10. The summed E-state index contributed by atoms with van der Waals surface area (Å²) in [6.07, 6.45) is 4.99. The molecule has 0 amide bonds. The highest BCUT2D eigenvalue weighted by Gasteiger charge is 2.50. The molecule has 2 atom stereocenters. The van der Waals surface area contributed by atoms with Crippen LogP contribution in [0, 0.1) is 17.2 Å². The van der Waals surface area contributed by atoms with E-state index in [1.54, 1.807) is 6.07 Å². The second-order valence-electron chi connectivity index (χ2n) is 6.20. The molecule has 1 aromatic carbocycles. The minimum atomic E-state index is -0.196. The molecule has 1 aliphatic heterocycles. The Labute approximate surface area is 128 Å². The first kappa shape index (κ1) is 14.5. The summed E-state index contributed by atoms with van der Waals surface area (Å²) in [4.78, 5) is 0. The molecular weight excluding hydrogens is 321 g/mol. The third-order valence-electron chi connectivity index (χ3n) is 4.62. The number of benzene rings is 1. The van der Waals surface area contributed by atoms with Crippen LogP contribution in [0.2, 0.25) is 0 Å². The molecule has 2 nitrogen and oxygen atoms in total. The Hall–Kier alpha value is -0.450. The molecule has 1 heterocycles. The zero-order chi connectivity index (χ0) is 14.2. The molecule has 20 heavy (non-hydrogen) atoms. The Morgan fingerprint density at radius 2 is 2.25 bits per heavy atom. The van der Waals surface area contributed by atoms with E-state index in [4.69, 9.17) is 4.74 Å². The van der Waals surface area contributed by atoms with Crippen LogP contribution in [0.25, 0.3) is 0 Å². The first-order chi connectivity index (χ1) is 9.64. The van der Waals surface area contributed by atoms with Gasteiger partial charge in [-0.3, -0.25) is 0 Å². The summed E-state index contributed by atoms with van der Waals surface area (Å²) >= 11 is 3.29. The molecule has 1 aliphatic carbocycles. The SMILES string of the molecule is CNCC1(Cc2ccc(F)c(Br)c2)CCOC1C1CC1. The van der Waals surface area contributed by atoms with E-state index in [-0.39, 0.29) is 11.2 Å². The van der Waals surface area contributed by atoms with Gasteiger partial charge in [-0.1, -0.05) is 6.07 Å². The van der Waals surface area contributed by atoms with Crippen molar-refractivity contribution in [3.8, 4) is 0 Å². The first-order valence-electron chi connectivity index (χ1n) is 7.35. The maximum Gasteiger partial charge on any atom is 0.137 e. The maximum atomic E-state index is 13.4. The zero-order valence-corrected chi connectivity index (χ0v) is 13.4. The fourth-order valence-electron chi connectivity index (χ4n) is 3.59. The Balaban J connectivity index is 1.84. The third-order valence-corrected chi connectivity index (χ3v) is 5.23. The molecule has 1 saturated heterocycles. The lowest BCUT2D eigenvalue weighted by molar-refractivity contribution is 0.0314. The summed E-state index contributed by atoms with van der Waals surface area (Å²) in [5.41, 5.74) is 1.34. The number of rotatable bonds is 5. The van der Waals surface area contributed by atoms with Crippen LogP contribution in [0.1, 0.15) is 24.8 Å². The molecule has 0 bridgehead atoms. The molecule has 0 aromatic heterocycles. The van der Waals surface area contributed by atoms with Crippen LogP contribution in [0.5, 0.6) is 0 Å². The quantitative estimate of drug-likeness (QED) is 0.884. The number of ether oxygens (including phenoxy) is 1. The highest BCUT2D eigenvalue weighted by atomic mass is 79.9. The van der Waals surface area contributed by atoms with Gasteiger partial charge in [0.1, 0.15) is 5.82 Å².